The molecule has 11 rings (SSSR count). The van der Waals surface area contributed by atoms with Crippen LogP contribution in [0.3, 0.4) is 0 Å². The number of para-hydroxylation sites is 3. The van der Waals surface area contributed by atoms with E-state index in [-0.39, 0.29) is 0 Å². The van der Waals surface area contributed by atoms with Crippen molar-refractivity contribution >= 4 is 87.7 Å². The van der Waals surface area contributed by atoms with Crippen LogP contribution in [0, 0.1) is 0 Å². The van der Waals surface area contributed by atoms with Gasteiger partial charge in [0.15, 0.2) is 0 Å². The maximum Gasteiger partial charge on any atom is 0.496 e. The highest BCUT2D eigenvalue weighted by Gasteiger charge is 2.52. The van der Waals surface area contributed by atoms with E-state index >= 15 is 0 Å². The summed E-state index contributed by atoms with van der Waals surface area (Å²) < 4.78 is 20.7. The fourth-order valence-corrected chi connectivity index (χ4v) is 9.75. The molecule has 0 saturated carbocycles. The molecule has 0 unspecified atom stereocenters. The number of benzene rings is 7. The molecule has 7 aromatic carbocycles. The van der Waals surface area contributed by atoms with Crippen LogP contribution in [0.5, 0.6) is 0 Å². The summed E-state index contributed by atoms with van der Waals surface area (Å²) in [6.07, 6.45) is 0. The molecule has 10 aromatic rings. The van der Waals surface area contributed by atoms with Gasteiger partial charge < -0.3 is 18.4 Å². The first kappa shape index (κ1) is 31.8. The molecule has 0 N–H and O–H groups in total. The Labute approximate surface area is 317 Å². The normalized spacial score (nSPS) is 15.5. The molecule has 1 saturated heterocycles. The molecule has 1 fully saturated rings. The third kappa shape index (κ3) is 4.57. The van der Waals surface area contributed by atoms with Crippen LogP contribution in [-0.4, -0.2) is 27.5 Å². The second-order valence-electron chi connectivity index (χ2n) is 15.6. The first-order chi connectivity index (χ1) is 26.3. The van der Waals surface area contributed by atoms with Crippen molar-refractivity contribution in [3.63, 3.8) is 0 Å². The lowest BCUT2D eigenvalue weighted by molar-refractivity contribution is 0.00578. The standard InChI is InChI=1S/C48H37BN2O2S/c1-47(2)48(3,4)53-49(52-47)40-29-33(28-39-37-18-10-13-21-45(37)54-46(39)40)51-42-20-12-9-17-35(42)38-26-30(23-25-43(38)51)31-22-24-36-34-16-8-11-19-41(34)50(44(36)27-31)32-14-6-5-7-15-32/h5-29H,1-4H3. The van der Waals surface area contributed by atoms with Crippen LogP contribution in [0.25, 0.3) is 86.3 Å². The molecule has 0 amide bonds. The van der Waals surface area contributed by atoms with Crippen LogP contribution < -0.4 is 5.46 Å². The summed E-state index contributed by atoms with van der Waals surface area (Å²) in [6, 6.07) is 55.4. The first-order valence-electron chi connectivity index (χ1n) is 18.7. The van der Waals surface area contributed by atoms with Crippen molar-refractivity contribution in [2.24, 2.45) is 0 Å². The average molecular weight is 717 g/mol. The van der Waals surface area contributed by atoms with Gasteiger partial charge in [-0.05, 0) is 99.5 Å². The second kappa shape index (κ2) is 11.4. The Morgan fingerprint density at radius 1 is 0.444 bits per heavy atom. The SMILES string of the molecule is CC1(C)OB(c2cc(-n3c4ccccc4c4cc(-c5ccc6c7ccccc7n(-c7ccccc7)c6c5)ccc43)cc3c2sc2ccccc23)OC1(C)C. The number of thiophene rings is 1. The average Bonchev–Trinajstić information content (AvgIpc) is 3.89. The summed E-state index contributed by atoms with van der Waals surface area (Å²) in [6.45, 7) is 8.51. The van der Waals surface area contributed by atoms with Gasteiger partial charge >= 0.3 is 7.12 Å². The topological polar surface area (TPSA) is 28.3 Å². The van der Waals surface area contributed by atoms with Crippen LogP contribution in [0.15, 0.2) is 152 Å². The van der Waals surface area contributed by atoms with Gasteiger partial charge in [0.25, 0.3) is 0 Å². The number of aromatic nitrogens is 2. The first-order valence-corrected chi connectivity index (χ1v) is 19.5. The Kier molecular flexibility index (Phi) is 6.74. The molecule has 4 nitrogen and oxygen atoms in total. The monoisotopic (exact) mass is 716 g/mol. The minimum atomic E-state index is -0.480. The summed E-state index contributed by atoms with van der Waals surface area (Å²) >= 11 is 1.82. The molecule has 6 heteroatoms. The Bertz CT molecular complexity index is 3120. The van der Waals surface area contributed by atoms with Gasteiger partial charge in [0.05, 0.1) is 33.3 Å². The summed E-state index contributed by atoms with van der Waals surface area (Å²) in [7, 11) is -0.480. The van der Waals surface area contributed by atoms with Crippen LogP contribution in [0.2, 0.25) is 0 Å². The number of nitrogens with zero attached hydrogens (tertiary/aromatic N) is 2. The van der Waals surface area contributed by atoms with Crippen LogP contribution in [0.4, 0.5) is 0 Å². The van der Waals surface area contributed by atoms with Gasteiger partial charge in [0.1, 0.15) is 0 Å². The van der Waals surface area contributed by atoms with E-state index in [0.29, 0.717) is 0 Å². The lowest BCUT2D eigenvalue weighted by Gasteiger charge is -2.32. The Balaban J connectivity index is 1.13. The van der Waals surface area contributed by atoms with Crippen molar-refractivity contribution in [1.29, 1.82) is 0 Å². The van der Waals surface area contributed by atoms with Gasteiger partial charge in [-0.25, -0.2) is 0 Å². The lowest BCUT2D eigenvalue weighted by Crippen LogP contribution is -2.41. The summed E-state index contributed by atoms with van der Waals surface area (Å²) in [4.78, 5) is 0. The molecular formula is C48H37BN2O2S. The van der Waals surface area contributed by atoms with E-state index in [1.165, 1.54) is 69.4 Å². The molecule has 1 aliphatic rings. The molecular weight excluding hydrogens is 679 g/mol. The van der Waals surface area contributed by atoms with Gasteiger partial charge in [-0.15, -0.1) is 11.3 Å². The number of hydrogen-bond donors (Lipinski definition) is 0. The molecule has 1 aliphatic heterocycles. The van der Waals surface area contributed by atoms with Gasteiger partial charge in [-0.1, -0.05) is 91.0 Å². The number of rotatable bonds is 4. The van der Waals surface area contributed by atoms with Crippen molar-refractivity contribution < 1.29 is 9.31 Å². The van der Waals surface area contributed by atoms with Gasteiger partial charge in [-0.2, -0.15) is 0 Å². The summed E-state index contributed by atoms with van der Waals surface area (Å²) in [5.41, 5.74) is 9.58. The molecule has 3 aromatic heterocycles. The molecule has 0 bridgehead atoms. The smallest absolute Gasteiger partial charge is 0.399 e. The molecule has 0 spiro atoms. The zero-order valence-corrected chi connectivity index (χ0v) is 31.4. The highest BCUT2D eigenvalue weighted by molar-refractivity contribution is 7.27. The van der Waals surface area contributed by atoms with E-state index in [2.05, 4.69) is 188 Å². The van der Waals surface area contributed by atoms with Gasteiger partial charge in [0.2, 0.25) is 0 Å². The Morgan fingerprint density at radius 2 is 1.00 bits per heavy atom. The van der Waals surface area contributed by atoms with Crippen LogP contribution in [0.1, 0.15) is 27.7 Å². The highest BCUT2D eigenvalue weighted by atomic mass is 32.1. The predicted octanol–water partition coefficient (Wildman–Crippen LogP) is 12.2. The third-order valence-electron chi connectivity index (χ3n) is 12.0. The van der Waals surface area contributed by atoms with E-state index in [1.54, 1.807) is 0 Å². The Hall–Kier alpha value is -5.66. The Morgan fingerprint density at radius 3 is 1.74 bits per heavy atom. The molecule has 260 valence electrons. The summed E-state index contributed by atoms with van der Waals surface area (Å²) in [5.74, 6) is 0. The van der Waals surface area contributed by atoms with Crippen molar-refractivity contribution in [1.82, 2.24) is 9.13 Å². The minimum absolute atomic E-state index is 0.446. The van der Waals surface area contributed by atoms with Crippen LogP contribution >= 0.6 is 11.3 Å². The quantitative estimate of drug-likeness (QED) is 0.170. The highest BCUT2D eigenvalue weighted by Crippen LogP contribution is 2.42. The fourth-order valence-electron chi connectivity index (χ4n) is 8.55. The summed E-state index contributed by atoms with van der Waals surface area (Å²) in [5, 5.41) is 7.44. The van der Waals surface area contributed by atoms with Crippen LogP contribution in [-0.2, 0) is 9.31 Å². The van der Waals surface area contributed by atoms with Crippen molar-refractivity contribution in [2.75, 3.05) is 0 Å². The van der Waals surface area contributed by atoms with Crippen molar-refractivity contribution in [3.8, 4) is 22.5 Å². The van der Waals surface area contributed by atoms with Gasteiger partial charge in [0, 0.05) is 58.6 Å². The largest absolute Gasteiger partial charge is 0.496 e. The number of hydrogen-bond acceptors (Lipinski definition) is 3. The zero-order chi connectivity index (χ0) is 36.3. The van der Waals surface area contributed by atoms with E-state index in [4.69, 9.17) is 9.31 Å². The van der Waals surface area contributed by atoms with E-state index in [9.17, 15) is 0 Å². The number of fused-ring (bicyclic) bond motifs is 9. The second-order valence-corrected chi connectivity index (χ2v) is 16.7. The third-order valence-corrected chi connectivity index (χ3v) is 13.2. The maximum atomic E-state index is 6.73. The lowest BCUT2D eigenvalue weighted by atomic mass is 9.78. The van der Waals surface area contributed by atoms with E-state index in [0.717, 1.165) is 22.4 Å². The fraction of sp³-hybridized carbons (Fsp3) is 0.125. The van der Waals surface area contributed by atoms with Gasteiger partial charge in [-0.3, -0.25) is 0 Å². The molecule has 54 heavy (non-hydrogen) atoms. The molecule has 4 heterocycles. The minimum Gasteiger partial charge on any atom is -0.399 e. The maximum absolute atomic E-state index is 6.73. The molecule has 0 atom stereocenters. The predicted molar refractivity (Wildman–Crippen MR) is 229 cm³/mol. The molecule has 0 aliphatic carbocycles. The van der Waals surface area contributed by atoms with Crippen molar-refractivity contribution in [2.45, 2.75) is 38.9 Å². The van der Waals surface area contributed by atoms with Crippen molar-refractivity contribution in [3.05, 3.63) is 152 Å². The van der Waals surface area contributed by atoms with E-state index in [1.807, 2.05) is 11.3 Å². The molecule has 0 radical (unpaired) electrons. The zero-order valence-electron chi connectivity index (χ0n) is 30.6. The van der Waals surface area contributed by atoms with E-state index < -0.39 is 18.3 Å².